The highest BCUT2D eigenvalue weighted by atomic mass is 16.3. The number of amides is 1. The third-order valence-electron chi connectivity index (χ3n) is 6.95. The van der Waals surface area contributed by atoms with Gasteiger partial charge in [-0.3, -0.25) is 9.78 Å². The summed E-state index contributed by atoms with van der Waals surface area (Å²) in [5, 5.41) is 23.1. The molecule has 9 nitrogen and oxygen atoms in total. The van der Waals surface area contributed by atoms with Crippen molar-refractivity contribution < 1.29 is 9.90 Å². The fraction of sp³-hybridized carbons (Fsp3) is 0.435. The maximum Gasteiger partial charge on any atom is 0.224 e. The topological polar surface area (TPSA) is 131 Å². The SMILES string of the molecule is CC(CO)(NC(=O)[C@H]1CCN(c2ncnc3[nH]ccc23)CC12CC2)c1ccc(C#N)cn1. The van der Waals surface area contributed by atoms with Gasteiger partial charge in [-0.25, -0.2) is 9.97 Å². The summed E-state index contributed by atoms with van der Waals surface area (Å²) in [6.45, 7) is 2.98. The molecule has 0 radical (unpaired) electrons. The van der Waals surface area contributed by atoms with Gasteiger partial charge in [0.25, 0.3) is 0 Å². The average Bonchev–Trinajstić information content (AvgIpc) is 3.40. The molecule has 1 aliphatic carbocycles. The Labute approximate surface area is 185 Å². The Bertz CT molecular complexity index is 1200. The third-order valence-corrected chi connectivity index (χ3v) is 6.95. The minimum Gasteiger partial charge on any atom is -0.394 e. The van der Waals surface area contributed by atoms with Gasteiger partial charge < -0.3 is 20.3 Å². The van der Waals surface area contributed by atoms with Crippen LogP contribution in [-0.2, 0) is 10.3 Å². The van der Waals surface area contributed by atoms with Crippen LogP contribution in [0.1, 0.15) is 37.4 Å². The second-order valence-corrected chi connectivity index (χ2v) is 9.09. The largest absolute Gasteiger partial charge is 0.394 e. The third kappa shape index (κ3) is 3.37. The molecule has 9 heteroatoms. The van der Waals surface area contributed by atoms with Crippen LogP contribution in [-0.4, -0.2) is 50.6 Å². The highest BCUT2D eigenvalue weighted by Gasteiger charge is 2.56. The first kappa shape index (κ1) is 20.4. The van der Waals surface area contributed by atoms with E-state index < -0.39 is 5.54 Å². The second-order valence-electron chi connectivity index (χ2n) is 9.09. The Kier molecular flexibility index (Phi) is 4.82. The molecule has 3 aromatic rings. The van der Waals surface area contributed by atoms with Crippen LogP contribution in [0, 0.1) is 22.7 Å². The number of aromatic amines is 1. The van der Waals surface area contributed by atoms with Gasteiger partial charge in [-0.05, 0) is 49.8 Å². The maximum absolute atomic E-state index is 13.4. The van der Waals surface area contributed by atoms with Crippen LogP contribution in [0.25, 0.3) is 11.0 Å². The second kappa shape index (κ2) is 7.57. The minimum atomic E-state index is -1.01. The predicted molar refractivity (Wildman–Crippen MR) is 117 cm³/mol. The number of H-pyrrole nitrogens is 1. The van der Waals surface area contributed by atoms with Crippen molar-refractivity contribution in [3.8, 4) is 6.07 Å². The summed E-state index contributed by atoms with van der Waals surface area (Å²) in [7, 11) is 0. The number of hydrogen-bond donors (Lipinski definition) is 3. The molecule has 0 bridgehead atoms. The summed E-state index contributed by atoms with van der Waals surface area (Å²) < 4.78 is 0. The number of nitrogens with zero attached hydrogens (tertiary/aromatic N) is 5. The van der Waals surface area contributed by atoms with E-state index in [-0.39, 0.29) is 23.8 Å². The van der Waals surface area contributed by atoms with Crippen LogP contribution in [0.3, 0.4) is 0 Å². The number of aliphatic hydroxyl groups excluding tert-OH is 1. The highest BCUT2D eigenvalue weighted by Crippen LogP contribution is 2.56. The lowest BCUT2D eigenvalue weighted by Gasteiger charge is -2.40. The molecule has 1 aliphatic heterocycles. The van der Waals surface area contributed by atoms with Crippen LogP contribution >= 0.6 is 0 Å². The van der Waals surface area contributed by atoms with Gasteiger partial charge >= 0.3 is 0 Å². The fourth-order valence-corrected chi connectivity index (χ4v) is 4.86. The molecule has 0 aromatic carbocycles. The van der Waals surface area contributed by atoms with E-state index >= 15 is 0 Å². The van der Waals surface area contributed by atoms with E-state index in [9.17, 15) is 9.90 Å². The molecule has 1 saturated carbocycles. The zero-order valence-corrected chi connectivity index (χ0v) is 17.9. The van der Waals surface area contributed by atoms with E-state index in [0.29, 0.717) is 17.7 Å². The number of carbonyl (C=O) groups is 1. The Hall–Kier alpha value is -3.51. The van der Waals surface area contributed by atoms with Gasteiger partial charge in [0.15, 0.2) is 0 Å². The Balaban J connectivity index is 1.34. The first-order valence-corrected chi connectivity index (χ1v) is 10.8. The van der Waals surface area contributed by atoms with Crippen molar-refractivity contribution in [1.82, 2.24) is 25.3 Å². The number of carbonyl (C=O) groups excluding carboxylic acids is 1. The van der Waals surface area contributed by atoms with E-state index in [1.165, 1.54) is 6.20 Å². The summed E-state index contributed by atoms with van der Waals surface area (Å²) in [6, 6.07) is 7.35. The van der Waals surface area contributed by atoms with Crippen molar-refractivity contribution in [2.24, 2.45) is 11.3 Å². The summed E-state index contributed by atoms with van der Waals surface area (Å²) in [6.07, 6.45) is 7.60. The molecule has 32 heavy (non-hydrogen) atoms. The molecule has 3 aromatic heterocycles. The van der Waals surface area contributed by atoms with Gasteiger partial charge in [-0.2, -0.15) is 5.26 Å². The molecule has 1 unspecified atom stereocenters. The molecule has 4 heterocycles. The molecule has 1 spiro atoms. The predicted octanol–water partition coefficient (Wildman–Crippen LogP) is 1.85. The van der Waals surface area contributed by atoms with E-state index in [2.05, 4.69) is 30.2 Å². The van der Waals surface area contributed by atoms with E-state index in [1.807, 2.05) is 18.3 Å². The number of rotatable bonds is 5. The normalized spacial score (nSPS) is 21.2. The van der Waals surface area contributed by atoms with Gasteiger partial charge in [-0.1, -0.05) is 0 Å². The quantitative estimate of drug-likeness (QED) is 0.562. The summed E-state index contributed by atoms with van der Waals surface area (Å²) in [5.74, 6) is 0.717. The summed E-state index contributed by atoms with van der Waals surface area (Å²) >= 11 is 0. The Morgan fingerprint density at radius 3 is 2.91 bits per heavy atom. The Morgan fingerprint density at radius 1 is 1.38 bits per heavy atom. The van der Waals surface area contributed by atoms with Crippen LogP contribution < -0.4 is 10.2 Å². The van der Waals surface area contributed by atoms with Crippen molar-refractivity contribution in [3.63, 3.8) is 0 Å². The van der Waals surface area contributed by atoms with E-state index in [0.717, 1.165) is 42.8 Å². The van der Waals surface area contributed by atoms with Crippen molar-refractivity contribution in [2.75, 3.05) is 24.6 Å². The number of piperidine rings is 1. The van der Waals surface area contributed by atoms with Gasteiger partial charge in [0.1, 0.15) is 29.4 Å². The number of aromatic nitrogens is 4. The Morgan fingerprint density at radius 2 is 2.22 bits per heavy atom. The average molecular weight is 432 g/mol. The first-order chi connectivity index (χ1) is 15.5. The minimum absolute atomic E-state index is 0.0562. The molecule has 164 valence electrons. The fourth-order valence-electron chi connectivity index (χ4n) is 4.86. The van der Waals surface area contributed by atoms with E-state index in [4.69, 9.17) is 5.26 Å². The van der Waals surface area contributed by atoms with Gasteiger partial charge in [-0.15, -0.1) is 0 Å². The number of anilines is 1. The summed E-state index contributed by atoms with van der Waals surface area (Å²) in [4.78, 5) is 31.9. The van der Waals surface area contributed by atoms with Crippen molar-refractivity contribution >= 4 is 22.8 Å². The maximum atomic E-state index is 13.4. The van der Waals surface area contributed by atoms with Crippen LogP contribution in [0.2, 0.25) is 0 Å². The standard InChI is InChI=1S/C23H25N7O2/c1-22(13-31,18-3-2-15(10-24)11-26-18)29-21(32)17-5-9-30(12-23(17)6-7-23)20-16-4-8-25-19(16)27-14-28-20/h2-4,8,11,14,17,31H,5-7,9,12-13H2,1H3,(H,29,32)(H,25,27,28)/t17-,22?/m1/s1. The first-order valence-electron chi connectivity index (χ1n) is 10.8. The monoisotopic (exact) mass is 431 g/mol. The lowest BCUT2D eigenvalue weighted by atomic mass is 9.80. The van der Waals surface area contributed by atoms with Crippen LogP contribution in [0.5, 0.6) is 0 Å². The number of aliphatic hydroxyl groups is 1. The zero-order valence-electron chi connectivity index (χ0n) is 17.9. The smallest absolute Gasteiger partial charge is 0.224 e. The molecule has 1 saturated heterocycles. The molecule has 1 amide bonds. The molecular weight excluding hydrogens is 406 g/mol. The summed E-state index contributed by atoms with van der Waals surface area (Å²) in [5.41, 5.74) is 0.691. The van der Waals surface area contributed by atoms with Crippen molar-refractivity contribution in [3.05, 3.63) is 48.2 Å². The number of hydrogen-bond acceptors (Lipinski definition) is 7. The van der Waals surface area contributed by atoms with Crippen LogP contribution in [0.15, 0.2) is 36.9 Å². The lowest BCUT2D eigenvalue weighted by Crippen LogP contribution is -2.54. The van der Waals surface area contributed by atoms with Gasteiger partial charge in [0, 0.05) is 31.4 Å². The molecule has 3 N–H and O–H groups in total. The van der Waals surface area contributed by atoms with Crippen molar-refractivity contribution in [2.45, 2.75) is 31.7 Å². The molecule has 2 fully saturated rings. The molecule has 2 atom stereocenters. The number of nitriles is 1. The number of nitrogens with one attached hydrogen (secondary N) is 2. The number of pyridine rings is 1. The van der Waals surface area contributed by atoms with Crippen LogP contribution in [0.4, 0.5) is 5.82 Å². The molecule has 5 rings (SSSR count). The number of fused-ring (bicyclic) bond motifs is 1. The van der Waals surface area contributed by atoms with Gasteiger partial charge in [0.05, 0.1) is 23.3 Å². The highest BCUT2D eigenvalue weighted by molar-refractivity contribution is 5.88. The van der Waals surface area contributed by atoms with Crippen molar-refractivity contribution in [1.29, 1.82) is 5.26 Å². The lowest BCUT2D eigenvalue weighted by molar-refractivity contribution is -0.130. The zero-order chi connectivity index (χ0) is 22.3. The molecule has 2 aliphatic rings. The molecular formula is C23H25N7O2. The van der Waals surface area contributed by atoms with Gasteiger partial charge in [0.2, 0.25) is 5.91 Å². The van der Waals surface area contributed by atoms with E-state index in [1.54, 1.807) is 25.4 Å².